The lowest BCUT2D eigenvalue weighted by Crippen LogP contribution is -2.54. The van der Waals surface area contributed by atoms with Gasteiger partial charge >= 0.3 is 0 Å². The summed E-state index contributed by atoms with van der Waals surface area (Å²) in [6.07, 6.45) is 7.41. The minimum Gasteiger partial charge on any atom is -0.474 e. The minimum absolute atomic E-state index is 0.0621. The Morgan fingerprint density at radius 2 is 1.68 bits per heavy atom. The number of nitrogens with one attached hydrogen (secondary N) is 1. The van der Waals surface area contributed by atoms with Crippen LogP contribution in [-0.2, 0) is 21.4 Å². The number of pyridine rings is 2. The van der Waals surface area contributed by atoms with E-state index < -0.39 is 18.1 Å². The third-order valence-electron chi connectivity index (χ3n) is 14.0. The van der Waals surface area contributed by atoms with Crippen LogP contribution in [0.25, 0.3) is 43.4 Å². The lowest BCUT2D eigenvalue weighted by molar-refractivity contribution is -0.141. The number of likely N-dealkylation sites (tertiary alicyclic amines) is 2. The average molecular weight is 938 g/mol. The second-order valence-electron chi connectivity index (χ2n) is 18.9. The molecule has 3 fully saturated rings. The topological polar surface area (TPSA) is 164 Å². The number of piperidine rings is 1. The van der Waals surface area contributed by atoms with Crippen LogP contribution in [0.1, 0.15) is 69.0 Å². The summed E-state index contributed by atoms with van der Waals surface area (Å²) in [6.45, 7) is 12.5. The summed E-state index contributed by atoms with van der Waals surface area (Å²) in [7, 11) is 2.10. The zero-order chi connectivity index (χ0) is 47.1. The molecule has 0 spiro atoms. The van der Waals surface area contributed by atoms with E-state index in [1.165, 1.54) is 21.3 Å². The Hall–Kier alpha value is -6.20. The number of aryl methyl sites for hydroxylation is 2. The molecule has 68 heavy (non-hydrogen) atoms. The first-order chi connectivity index (χ1) is 33.0. The quantitative estimate of drug-likeness (QED) is 0.104. The summed E-state index contributed by atoms with van der Waals surface area (Å²) in [6, 6.07) is 21.5. The van der Waals surface area contributed by atoms with Crippen LogP contribution in [0.4, 0.5) is 5.82 Å². The summed E-state index contributed by atoms with van der Waals surface area (Å²) in [5.74, 6) is 0.196. The molecule has 0 bridgehead atoms. The molecule has 10 rings (SSSR count). The van der Waals surface area contributed by atoms with Crippen LogP contribution in [0.3, 0.4) is 0 Å². The summed E-state index contributed by atoms with van der Waals surface area (Å²) in [5.41, 5.74) is 9.41. The van der Waals surface area contributed by atoms with Crippen LogP contribution in [-0.4, -0.2) is 122 Å². The molecule has 0 unspecified atom stereocenters. The highest BCUT2D eigenvalue weighted by Crippen LogP contribution is 2.35. The molecule has 5 aromatic heterocycles. The maximum Gasteiger partial charge on any atom is 0.254 e. The van der Waals surface area contributed by atoms with Crippen molar-refractivity contribution in [3.05, 3.63) is 108 Å². The van der Waals surface area contributed by atoms with E-state index in [-0.39, 0.29) is 48.9 Å². The molecule has 2 N–H and O–H groups in total. The number of nitrogens with zero attached hydrogens (tertiary/aromatic N) is 8. The molecule has 3 aliphatic rings. The summed E-state index contributed by atoms with van der Waals surface area (Å²) in [5, 5.41) is 20.3. The van der Waals surface area contributed by atoms with E-state index >= 15 is 0 Å². The molecule has 16 heteroatoms. The van der Waals surface area contributed by atoms with Crippen LogP contribution in [0, 0.1) is 12.8 Å². The van der Waals surface area contributed by atoms with Crippen molar-refractivity contribution in [1.29, 1.82) is 0 Å². The molecule has 7 aromatic rings. The zero-order valence-corrected chi connectivity index (χ0v) is 40.1. The van der Waals surface area contributed by atoms with Gasteiger partial charge in [0.15, 0.2) is 5.76 Å². The van der Waals surface area contributed by atoms with E-state index in [2.05, 4.69) is 78.3 Å². The van der Waals surface area contributed by atoms with Gasteiger partial charge in [-0.05, 0) is 78.7 Å². The Morgan fingerprint density at radius 1 is 0.897 bits per heavy atom. The van der Waals surface area contributed by atoms with E-state index in [0.717, 1.165) is 89.6 Å². The number of carbonyl (C=O) groups is 2. The summed E-state index contributed by atoms with van der Waals surface area (Å²) < 4.78 is 20.5. The third kappa shape index (κ3) is 9.34. The molecule has 15 nitrogen and oxygen atoms in total. The largest absolute Gasteiger partial charge is 0.474 e. The molecule has 2 aromatic carbocycles. The Morgan fingerprint density at radius 3 is 2.41 bits per heavy atom. The molecule has 0 saturated carbocycles. The number of rotatable bonds is 15. The maximum atomic E-state index is 14.2. The Kier molecular flexibility index (Phi) is 13.0. The number of aromatic nitrogens is 5. The molecule has 0 radical (unpaired) electrons. The lowest BCUT2D eigenvalue weighted by Gasteiger charge is -2.43. The standard InChI is InChI=1S/C52H59N9O6S/c1-31(2)49(52(64)61-27-38(62)23-45(61)51(63)56-32(3)34-6-8-35(9-7-34)50-33(4)55-30-68-50)46-24-48(57-67-46)65-21-20-59-18-15-39(16-19-59)66-40-28-60(29-40)47-13-11-37(25-54-47)36-10-12-41-42-26-53-17-14-43(42)58(5)44(41)22-36/h6-14,17,22,24-26,30-32,38-40,45,49,62H,15-16,18-21,23,27-29H2,1-5H3,(H,56,63)/t32-,38+,45-,49-/m0/s1. The normalized spacial score (nSPS) is 19.2. The number of aliphatic hydroxyl groups excluding tert-OH is 1. The predicted molar refractivity (Wildman–Crippen MR) is 263 cm³/mol. The van der Waals surface area contributed by atoms with Crippen molar-refractivity contribution in [2.45, 2.75) is 83.3 Å². The molecule has 2 amide bonds. The first-order valence-corrected chi connectivity index (χ1v) is 24.7. The molecule has 3 saturated heterocycles. The Balaban J connectivity index is 0.657. The maximum absolute atomic E-state index is 14.2. The number of thiazole rings is 1. The van der Waals surface area contributed by atoms with Crippen molar-refractivity contribution >= 4 is 50.8 Å². The summed E-state index contributed by atoms with van der Waals surface area (Å²) >= 11 is 1.59. The van der Waals surface area contributed by atoms with E-state index in [0.29, 0.717) is 18.2 Å². The Bertz CT molecular complexity index is 2880. The molecule has 8 heterocycles. The van der Waals surface area contributed by atoms with Crippen molar-refractivity contribution in [3.8, 4) is 27.4 Å². The lowest BCUT2D eigenvalue weighted by atomic mass is 9.91. The van der Waals surface area contributed by atoms with Crippen LogP contribution < -0.4 is 15.0 Å². The van der Waals surface area contributed by atoms with Gasteiger partial charge in [-0.15, -0.1) is 11.3 Å². The SMILES string of the molecule is Cc1ncsc1-c1ccc([C@H](C)NC(=O)[C@@H]2C[C@@H](O)CN2C(=O)[C@H](c2cc(OCCN3CCC(OC4CN(c5ccc(-c6ccc7c8cnccc8n(C)c7c6)cn5)C4)CC3)no2)C(C)C)cc1. The number of fused-ring (bicyclic) bond motifs is 3. The second kappa shape index (κ2) is 19.4. The van der Waals surface area contributed by atoms with Gasteiger partial charge in [-0.2, -0.15) is 0 Å². The van der Waals surface area contributed by atoms with Gasteiger partial charge in [-0.3, -0.25) is 19.5 Å². The predicted octanol–water partition coefficient (Wildman–Crippen LogP) is 7.54. The number of anilines is 1. The molecule has 0 aliphatic carbocycles. The van der Waals surface area contributed by atoms with E-state index in [9.17, 15) is 14.7 Å². The molecular formula is C52H59N9O6S. The van der Waals surface area contributed by atoms with Crippen LogP contribution >= 0.6 is 11.3 Å². The highest BCUT2D eigenvalue weighted by Gasteiger charge is 2.43. The van der Waals surface area contributed by atoms with Gasteiger partial charge in [0.2, 0.25) is 11.8 Å². The van der Waals surface area contributed by atoms with Crippen LogP contribution in [0.15, 0.2) is 95.4 Å². The van der Waals surface area contributed by atoms with Crippen molar-refractivity contribution in [3.63, 3.8) is 0 Å². The Labute approximate surface area is 400 Å². The fourth-order valence-electron chi connectivity index (χ4n) is 10.1. The van der Waals surface area contributed by atoms with Crippen molar-refractivity contribution in [2.75, 3.05) is 50.8 Å². The first-order valence-electron chi connectivity index (χ1n) is 23.8. The molecule has 354 valence electrons. The highest BCUT2D eigenvalue weighted by atomic mass is 32.1. The first kappa shape index (κ1) is 45.6. The summed E-state index contributed by atoms with van der Waals surface area (Å²) in [4.78, 5) is 48.7. The van der Waals surface area contributed by atoms with Crippen molar-refractivity contribution in [2.24, 2.45) is 13.0 Å². The van der Waals surface area contributed by atoms with Gasteiger partial charge in [-0.25, -0.2) is 9.97 Å². The molecular weight excluding hydrogens is 879 g/mol. The van der Waals surface area contributed by atoms with Crippen LogP contribution in [0.5, 0.6) is 5.88 Å². The number of β-amino-alcohol motifs (C(OH)–C–C–N with tert-alkyl or cyclic N) is 1. The minimum atomic E-state index is -0.819. The van der Waals surface area contributed by atoms with Gasteiger partial charge < -0.3 is 38.8 Å². The number of benzene rings is 2. The fraction of sp³-hybridized carbons (Fsp3) is 0.423. The smallest absolute Gasteiger partial charge is 0.254 e. The van der Waals surface area contributed by atoms with Gasteiger partial charge in [0, 0.05) is 99.2 Å². The van der Waals surface area contributed by atoms with Crippen LogP contribution in [0.2, 0.25) is 0 Å². The second-order valence-corrected chi connectivity index (χ2v) is 19.8. The molecule has 3 aliphatic heterocycles. The number of ether oxygens (including phenoxy) is 2. The number of aliphatic hydroxyl groups is 1. The fourth-order valence-corrected chi connectivity index (χ4v) is 10.9. The third-order valence-corrected chi connectivity index (χ3v) is 15.0. The van der Waals surface area contributed by atoms with E-state index in [4.69, 9.17) is 19.0 Å². The molecule has 4 atom stereocenters. The van der Waals surface area contributed by atoms with Gasteiger partial charge in [0.1, 0.15) is 24.4 Å². The highest BCUT2D eigenvalue weighted by molar-refractivity contribution is 7.13. The number of amides is 2. The zero-order valence-electron chi connectivity index (χ0n) is 39.2. The number of carbonyl (C=O) groups excluding carboxylic acids is 2. The van der Waals surface area contributed by atoms with Crippen molar-refractivity contribution in [1.82, 2.24) is 39.8 Å². The number of hydrogen-bond donors (Lipinski definition) is 2. The van der Waals surface area contributed by atoms with Gasteiger partial charge in [0.25, 0.3) is 5.88 Å². The van der Waals surface area contributed by atoms with Crippen molar-refractivity contribution < 1.29 is 28.7 Å². The number of hydrogen-bond acceptors (Lipinski definition) is 13. The van der Waals surface area contributed by atoms with Gasteiger partial charge in [-0.1, -0.05) is 50.2 Å². The monoisotopic (exact) mass is 937 g/mol. The average Bonchev–Trinajstić information content (AvgIpc) is 4.14. The van der Waals surface area contributed by atoms with E-state index in [1.807, 2.05) is 76.1 Å². The van der Waals surface area contributed by atoms with E-state index in [1.54, 1.807) is 17.4 Å². The van der Waals surface area contributed by atoms with Gasteiger partial charge in [0.05, 0.1) is 46.0 Å².